The molecule has 0 spiro atoms. The number of nitrogens with one attached hydrogen (secondary N) is 4. The Morgan fingerprint density at radius 1 is 1.21 bits per heavy atom. The molecule has 2 heterocycles. The molecule has 4 atom stereocenters. The summed E-state index contributed by atoms with van der Waals surface area (Å²) in [7, 11) is 3.00. The zero-order chi connectivity index (χ0) is 24.4. The van der Waals surface area contributed by atoms with E-state index in [9.17, 15) is 24.3 Å². The van der Waals surface area contributed by atoms with Crippen LogP contribution < -0.4 is 21.3 Å². The first-order valence-electron chi connectivity index (χ1n) is 10.8. The highest BCUT2D eigenvalue weighted by atomic mass is 33.1. The third-order valence-electron chi connectivity index (χ3n) is 4.89. The predicted octanol–water partition coefficient (Wildman–Crippen LogP) is 0.197. The summed E-state index contributed by atoms with van der Waals surface area (Å²) in [4.78, 5) is 51.1. The lowest BCUT2D eigenvalue weighted by Gasteiger charge is -2.26. The number of carbonyl (C=O) groups is 4. The molecule has 33 heavy (non-hydrogen) atoms. The fourth-order valence-corrected chi connectivity index (χ4v) is 5.23. The number of aliphatic hydroxyl groups excluding tert-OH is 1. The molecule has 0 radical (unpaired) electrons. The maximum absolute atomic E-state index is 12.9. The van der Waals surface area contributed by atoms with Gasteiger partial charge in [-0.05, 0) is 25.3 Å². The molecular weight excluding hydrogens is 468 g/mol. The van der Waals surface area contributed by atoms with E-state index in [1.807, 2.05) is 6.08 Å². The minimum atomic E-state index is -1.20. The molecule has 1 fully saturated rings. The molecule has 2 aliphatic heterocycles. The van der Waals surface area contributed by atoms with Gasteiger partial charge >= 0.3 is 5.97 Å². The first-order chi connectivity index (χ1) is 15.7. The molecule has 2 rings (SSSR count). The van der Waals surface area contributed by atoms with Crippen LogP contribution in [0.1, 0.15) is 33.6 Å². The molecule has 0 aromatic rings. The number of rotatable bonds is 1. The number of aliphatic hydroxyl groups is 1. The number of carbonyl (C=O) groups excluding carboxylic acids is 4. The third kappa shape index (κ3) is 9.03. The van der Waals surface area contributed by atoms with Crippen molar-refractivity contribution in [2.24, 2.45) is 5.92 Å². The maximum Gasteiger partial charge on any atom is 0.329 e. The number of amides is 3. The van der Waals surface area contributed by atoms with E-state index in [1.54, 1.807) is 37.6 Å². The van der Waals surface area contributed by atoms with Crippen LogP contribution in [0.2, 0.25) is 0 Å². The van der Waals surface area contributed by atoms with Crippen LogP contribution in [0.3, 0.4) is 0 Å². The second kappa shape index (κ2) is 13.6. The van der Waals surface area contributed by atoms with Crippen LogP contribution in [-0.4, -0.2) is 71.3 Å². The van der Waals surface area contributed by atoms with Crippen LogP contribution >= 0.6 is 21.6 Å². The van der Waals surface area contributed by atoms with E-state index in [4.69, 9.17) is 4.74 Å². The Labute approximate surface area is 201 Å². The van der Waals surface area contributed by atoms with Crippen molar-refractivity contribution in [3.8, 4) is 0 Å². The fourth-order valence-electron chi connectivity index (χ4n) is 3.06. The van der Waals surface area contributed by atoms with Crippen LogP contribution in [0.15, 0.2) is 23.9 Å². The van der Waals surface area contributed by atoms with E-state index in [1.165, 1.54) is 16.9 Å². The van der Waals surface area contributed by atoms with Gasteiger partial charge in [0.05, 0.1) is 19.0 Å². The quantitative estimate of drug-likeness (QED) is 0.147. The molecule has 12 heteroatoms. The van der Waals surface area contributed by atoms with E-state index < -0.39 is 48.1 Å². The Bertz CT molecular complexity index is 789. The molecule has 0 aromatic heterocycles. The SMILES string of the molecule is C/C=C1\NC(=O)[C@H]2CSSCC/C=C\[C@H](CC(=O)NCC(O)N2)OC(=O)[C@H](C(C)C)NC1=O. The van der Waals surface area contributed by atoms with E-state index in [0.717, 1.165) is 5.75 Å². The monoisotopic (exact) mass is 500 g/mol. The highest BCUT2D eigenvalue weighted by Gasteiger charge is 2.31. The van der Waals surface area contributed by atoms with Gasteiger partial charge in [0.2, 0.25) is 11.8 Å². The minimum absolute atomic E-state index is 0.0152. The molecule has 5 N–H and O–H groups in total. The normalized spacial score (nSPS) is 31.2. The third-order valence-corrected chi connectivity index (χ3v) is 7.34. The number of esters is 1. The minimum Gasteiger partial charge on any atom is -0.456 e. The van der Waals surface area contributed by atoms with Crippen molar-refractivity contribution in [1.82, 2.24) is 21.3 Å². The van der Waals surface area contributed by atoms with Crippen LogP contribution in [0.4, 0.5) is 0 Å². The zero-order valence-electron chi connectivity index (χ0n) is 19.0. The van der Waals surface area contributed by atoms with Crippen LogP contribution in [0, 0.1) is 5.92 Å². The summed E-state index contributed by atoms with van der Waals surface area (Å²) in [6, 6.07) is -1.81. The number of ether oxygens (including phenoxy) is 1. The average molecular weight is 501 g/mol. The van der Waals surface area contributed by atoms with Crippen LogP contribution in [0.5, 0.6) is 0 Å². The van der Waals surface area contributed by atoms with Gasteiger partial charge in [-0.3, -0.25) is 19.7 Å². The smallest absolute Gasteiger partial charge is 0.329 e. The topological polar surface area (TPSA) is 146 Å². The highest BCUT2D eigenvalue weighted by Crippen LogP contribution is 2.23. The number of allylic oxidation sites excluding steroid dienone is 2. The Morgan fingerprint density at radius 3 is 2.67 bits per heavy atom. The Morgan fingerprint density at radius 2 is 1.97 bits per heavy atom. The zero-order valence-corrected chi connectivity index (χ0v) is 20.6. The van der Waals surface area contributed by atoms with Gasteiger partial charge in [-0.15, -0.1) is 0 Å². The largest absolute Gasteiger partial charge is 0.456 e. The molecule has 2 bridgehead atoms. The van der Waals surface area contributed by atoms with E-state index in [-0.39, 0.29) is 24.6 Å². The number of hydrogen-bond donors (Lipinski definition) is 5. The molecule has 0 aliphatic carbocycles. The summed E-state index contributed by atoms with van der Waals surface area (Å²) < 4.78 is 5.58. The van der Waals surface area contributed by atoms with Crippen molar-refractivity contribution in [2.45, 2.75) is 58.0 Å². The van der Waals surface area contributed by atoms with Crippen molar-refractivity contribution in [1.29, 1.82) is 0 Å². The molecule has 1 saturated heterocycles. The molecule has 0 saturated carbocycles. The Hall–Kier alpha value is -2.02. The molecule has 10 nitrogen and oxygen atoms in total. The average Bonchev–Trinajstić information content (AvgIpc) is 2.76. The maximum atomic E-state index is 12.9. The standard InChI is InChI=1S/C21H32N4O6S2/c1-4-14-19(28)25-18(12(2)3)21(30)31-13-7-5-6-8-32-33-11-15(20(29)24-14)23-17(27)10-22-16(26)9-13/h4-5,7,12-13,15,17-18,23,27H,6,8-11H2,1-3H3,(H,22,26)(H,24,29)(H,25,28)/b7-5-,14-4-/t13-,15-,17?,18+/m1/s1. The van der Waals surface area contributed by atoms with Gasteiger partial charge in [0, 0.05) is 11.5 Å². The van der Waals surface area contributed by atoms with Gasteiger partial charge in [-0.1, -0.05) is 47.6 Å². The molecular formula is C21H32N4O6S2. The first kappa shape index (κ1) is 27.2. The lowest BCUT2D eigenvalue weighted by Crippen LogP contribution is -2.54. The van der Waals surface area contributed by atoms with Crippen molar-refractivity contribution in [3.05, 3.63) is 23.9 Å². The summed E-state index contributed by atoms with van der Waals surface area (Å²) in [5, 5.41) is 20.9. The molecule has 3 amide bonds. The summed E-state index contributed by atoms with van der Waals surface area (Å²) >= 11 is 0. The van der Waals surface area contributed by atoms with E-state index >= 15 is 0 Å². The van der Waals surface area contributed by atoms with Crippen molar-refractivity contribution in [2.75, 3.05) is 18.1 Å². The van der Waals surface area contributed by atoms with Gasteiger partial charge < -0.3 is 25.8 Å². The highest BCUT2D eigenvalue weighted by molar-refractivity contribution is 8.76. The molecule has 184 valence electrons. The van der Waals surface area contributed by atoms with Crippen LogP contribution in [-0.2, 0) is 23.9 Å². The van der Waals surface area contributed by atoms with E-state index in [2.05, 4.69) is 21.3 Å². The van der Waals surface area contributed by atoms with E-state index in [0.29, 0.717) is 12.2 Å². The lowest BCUT2D eigenvalue weighted by atomic mass is 10.0. The van der Waals surface area contributed by atoms with Crippen molar-refractivity contribution >= 4 is 45.3 Å². The molecule has 1 unspecified atom stereocenters. The van der Waals surface area contributed by atoms with Gasteiger partial charge in [0.1, 0.15) is 24.1 Å². The van der Waals surface area contributed by atoms with Crippen molar-refractivity contribution in [3.63, 3.8) is 0 Å². The first-order valence-corrected chi connectivity index (χ1v) is 13.3. The summed E-state index contributed by atoms with van der Waals surface area (Å²) in [6.45, 7) is 4.97. The summed E-state index contributed by atoms with van der Waals surface area (Å²) in [6.07, 6.45) is 3.46. The predicted molar refractivity (Wildman–Crippen MR) is 128 cm³/mol. The summed E-state index contributed by atoms with van der Waals surface area (Å²) in [5.41, 5.74) is -0.0152. The Balaban J connectivity index is 2.44. The van der Waals surface area contributed by atoms with Gasteiger partial charge in [-0.2, -0.15) is 0 Å². The van der Waals surface area contributed by atoms with Crippen molar-refractivity contribution < 1.29 is 29.0 Å². The number of hydrogen-bond acceptors (Lipinski definition) is 9. The van der Waals surface area contributed by atoms with Gasteiger partial charge in [0.15, 0.2) is 0 Å². The second-order valence-electron chi connectivity index (χ2n) is 7.93. The number of fused-ring (bicyclic) bond motifs is 7. The van der Waals surface area contributed by atoms with Gasteiger partial charge in [-0.25, -0.2) is 4.79 Å². The fraction of sp³-hybridized carbons (Fsp3) is 0.619. The van der Waals surface area contributed by atoms with Crippen LogP contribution in [0.25, 0.3) is 0 Å². The lowest BCUT2D eigenvalue weighted by molar-refractivity contribution is -0.153. The summed E-state index contributed by atoms with van der Waals surface area (Å²) in [5.74, 6) is -1.50. The molecule has 0 aromatic carbocycles. The Kier molecular flexibility index (Phi) is 11.2. The molecule has 2 aliphatic rings. The van der Waals surface area contributed by atoms with Gasteiger partial charge in [0.25, 0.3) is 5.91 Å². The second-order valence-corrected chi connectivity index (χ2v) is 10.6.